The summed E-state index contributed by atoms with van der Waals surface area (Å²) in [7, 11) is -1.86. The van der Waals surface area contributed by atoms with Crippen molar-refractivity contribution in [2.75, 3.05) is 20.2 Å². The van der Waals surface area contributed by atoms with Crippen LogP contribution in [0.25, 0.3) is 0 Å². The van der Waals surface area contributed by atoms with Gasteiger partial charge in [0.05, 0.1) is 24.8 Å². The van der Waals surface area contributed by atoms with Gasteiger partial charge in [-0.05, 0) is 79.1 Å². The van der Waals surface area contributed by atoms with Crippen LogP contribution in [0.2, 0.25) is 5.02 Å². The Balaban J connectivity index is 1.69. The Morgan fingerprint density at radius 1 is 1.18 bits per heavy atom. The summed E-state index contributed by atoms with van der Waals surface area (Å²) in [6, 6.07) is 10.7. The molecule has 0 spiro atoms. The number of methoxy groups -OCH3 is 1. The number of aryl methyl sites for hydroxylation is 1. The van der Waals surface area contributed by atoms with Crippen molar-refractivity contribution in [2.45, 2.75) is 58.2 Å². The molecule has 1 aliphatic rings. The first-order chi connectivity index (χ1) is 16.0. The third-order valence-electron chi connectivity index (χ3n) is 6.48. The fourth-order valence-electron chi connectivity index (χ4n) is 4.51. The molecule has 3 rings (SSSR count). The molecule has 2 aromatic carbocycles. The van der Waals surface area contributed by atoms with Crippen LogP contribution in [0.4, 0.5) is 0 Å². The number of sulfonamides is 1. The van der Waals surface area contributed by atoms with Crippen LogP contribution in [-0.2, 0) is 20.6 Å². The highest BCUT2D eigenvalue weighted by Gasteiger charge is 2.33. The highest BCUT2D eigenvalue weighted by molar-refractivity contribution is 7.88. The van der Waals surface area contributed by atoms with Crippen molar-refractivity contribution < 1.29 is 17.9 Å². The van der Waals surface area contributed by atoms with Crippen LogP contribution in [0.15, 0.2) is 36.4 Å². The third kappa shape index (κ3) is 6.32. The fraction of sp³-hybridized carbons (Fsp3) is 0.500. The monoisotopic (exact) mass is 506 g/mol. The van der Waals surface area contributed by atoms with Gasteiger partial charge in [-0.15, -0.1) is 0 Å². The maximum atomic E-state index is 13.1. The van der Waals surface area contributed by atoms with Crippen LogP contribution >= 0.6 is 11.6 Å². The summed E-state index contributed by atoms with van der Waals surface area (Å²) in [5.41, 5.74) is 3.87. The maximum absolute atomic E-state index is 13.1. The molecule has 1 aliphatic heterocycles. The second-order valence-corrected chi connectivity index (χ2v) is 11.8. The lowest BCUT2D eigenvalue weighted by molar-refractivity contribution is -0.126. The summed E-state index contributed by atoms with van der Waals surface area (Å²) in [5, 5.41) is 3.69. The van der Waals surface area contributed by atoms with Gasteiger partial charge in [-0.25, -0.2) is 12.7 Å². The molecule has 0 unspecified atom stereocenters. The summed E-state index contributed by atoms with van der Waals surface area (Å²) in [6.45, 7) is 8.84. The van der Waals surface area contributed by atoms with Gasteiger partial charge in [0.1, 0.15) is 5.75 Å². The second kappa shape index (κ2) is 11.1. The van der Waals surface area contributed by atoms with E-state index in [-0.39, 0.29) is 36.1 Å². The minimum absolute atomic E-state index is 0.0993. The number of hydrogen-bond acceptors (Lipinski definition) is 4. The van der Waals surface area contributed by atoms with Crippen molar-refractivity contribution in [3.63, 3.8) is 0 Å². The highest BCUT2D eigenvalue weighted by atomic mass is 35.5. The van der Waals surface area contributed by atoms with Crippen molar-refractivity contribution in [3.8, 4) is 5.75 Å². The molecule has 0 aliphatic carbocycles. The number of hydrogen-bond donors (Lipinski definition) is 1. The quantitative estimate of drug-likeness (QED) is 0.534. The molecular weight excluding hydrogens is 472 g/mol. The van der Waals surface area contributed by atoms with E-state index < -0.39 is 10.0 Å². The first-order valence-electron chi connectivity index (χ1n) is 11.7. The lowest BCUT2D eigenvalue weighted by Crippen LogP contribution is -2.46. The lowest BCUT2D eigenvalue weighted by Gasteiger charge is -2.32. The average Bonchev–Trinajstić information content (AvgIpc) is 2.80. The van der Waals surface area contributed by atoms with Gasteiger partial charge < -0.3 is 10.1 Å². The summed E-state index contributed by atoms with van der Waals surface area (Å²) >= 11 is 5.91. The first-order valence-corrected chi connectivity index (χ1v) is 13.7. The number of benzene rings is 2. The fourth-order valence-corrected chi connectivity index (χ4v) is 6.25. The van der Waals surface area contributed by atoms with Crippen molar-refractivity contribution in [2.24, 2.45) is 5.92 Å². The number of nitrogens with one attached hydrogen (secondary N) is 1. The lowest BCUT2D eigenvalue weighted by atomic mass is 9.92. The number of nitrogens with zero attached hydrogens (tertiary/aromatic N) is 1. The summed E-state index contributed by atoms with van der Waals surface area (Å²) < 4.78 is 33.0. The molecule has 8 heteroatoms. The number of carbonyl (C=O) groups excluding carboxylic acids is 1. The molecule has 34 heavy (non-hydrogen) atoms. The van der Waals surface area contributed by atoms with E-state index in [0.717, 1.165) is 22.4 Å². The molecule has 1 fully saturated rings. The molecule has 0 bridgehead atoms. The summed E-state index contributed by atoms with van der Waals surface area (Å²) in [4.78, 5) is 13.1. The van der Waals surface area contributed by atoms with Gasteiger partial charge in [-0.1, -0.05) is 37.6 Å². The Morgan fingerprint density at radius 3 is 2.47 bits per heavy atom. The van der Waals surface area contributed by atoms with E-state index in [2.05, 4.69) is 25.2 Å². The van der Waals surface area contributed by atoms with E-state index in [9.17, 15) is 13.2 Å². The van der Waals surface area contributed by atoms with Gasteiger partial charge in [0, 0.05) is 18.1 Å². The number of halogens is 1. The smallest absolute Gasteiger partial charge is 0.224 e. The molecule has 0 aromatic heterocycles. The molecule has 2 atom stereocenters. The SMILES string of the molecule is COc1cc(C)c([C@H](C)NC(=O)[C@H]2CCCN(S(=O)(=O)Cc3ccc(Cl)cc3)C2)cc1C(C)C. The average molecular weight is 507 g/mol. The standard InChI is InChI=1S/C26H35ClN2O4S/c1-17(2)23-14-24(18(3)13-25(23)33-5)19(4)28-26(30)21-7-6-12-29(15-21)34(31,32)16-20-8-10-22(27)11-9-20/h8-11,13-14,17,19,21H,6-7,12,15-16H2,1-5H3,(H,28,30)/t19-,21-/m0/s1. The number of piperidine rings is 1. The normalized spacial score (nSPS) is 18.0. The minimum atomic E-state index is -3.53. The molecule has 1 heterocycles. The zero-order valence-corrected chi connectivity index (χ0v) is 22.2. The van der Waals surface area contributed by atoms with Crippen molar-refractivity contribution in [1.29, 1.82) is 0 Å². The zero-order chi connectivity index (χ0) is 25.0. The molecule has 0 radical (unpaired) electrons. The van der Waals surface area contributed by atoms with Crippen molar-refractivity contribution >= 4 is 27.5 Å². The van der Waals surface area contributed by atoms with Gasteiger partial charge in [-0.3, -0.25) is 4.79 Å². The van der Waals surface area contributed by atoms with Gasteiger partial charge >= 0.3 is 0 Å². The second-order valence-electron chi connectivity index (χ2n) is 9.42. The largest absolute Gasteiger partial charge is 0.496 e. The highest BCUT2D eigenvalue weighted by Crippen LogP contribution is 2.32. The van der Waals surface area contributed by atoms with Crippen LogP contribution in [0.1, 0.15) is 67.8 Å². The number of amides is 1. The zero-order valence-electron chi connectivity index (χ0n) is 20.6. The molecule has 1 amide bonds. The minimum Gasteiger partial charge on any atom is -0.496 e. The Kier molecular flexibility index (Phi) is 8.66. The maximum Gasteiger partial charge on any atom is 0.224 e. The molecular formula is C26H35ClN2O4S. The number of carbonyl (C=O) groups is 1. The molecule has 2 aromatic rings. The van der Waals surface area contributed by atoms with Gasteiger partial charge in [0.2, 0.25) is 15.9 Å². The van der Waals surface area contributed by atoms with Crippen molar-refractivity contribution in [3.05, 3.63) is 63.7 Å². The first kappa shape index (κ1) is 26.5. The third-order valence-corrected chi connectivity index (χ3v) is 8.54. The van der Waals surface area contributed by atoms with Crippen LogP contribution in [0, 0.1) is 12.8 Å². The van der Waals surface area contributed by atoms with Crippen molar-refractivity contribution in [1.82, 2.24) is 9.62 Å². The van der Waals surface area contributed by atoms with Crippen LogP contribution in [0.3, 0.4) is 0 Å². The number of ether oxygens (including phenoxy) is 1. The Morgan fingerprint density at radius 2 is 1.85 bits per heavy atom. The Bertz CT molecular complexity index is 1120. The summed E-state index contributed by atoms with van der Waals surface area (Å²) in [5.74, 6) is 0.552. The molecule has 1 saturated heterocycles. The van der Waals surface area contributed by atoms with Gasteiger partial charge in [0.25, 0.3) is 0 Å². The van der Waals surface area contributed by atoms with E-state index in [1.54, 1.807) is 31.4 Å². The van der Waals surface area contributed by atoms with Gasteiger partial charge in [-0.2, -0.15) is 0 Å². The van der Waals surface area contributed by atoms with Crippen LogP contribution in [-0.4, -0.2) is 38.8 Å². The van der Waals surface area contributed by atoms with Gasteiger partial charge in [0.15, 0.2) is 0 Å². The van der Waals surface area contributed by atoms with E-state index in [0.29, 0.717) is 30.0 Å². The predicted molar refractivity (Wildman–Crippen MR) is 137 cm³/mol. The Hall–Kier alpha value is -2.09. The molecule has 1 N–H and O–H groups in total. The summed E-state index contributed by atoms with van der Waals surface area (Å²) in [6.07, 6.45) is 1.33. The topological polar surface area (TPSA) is 75.7 Å². The Labute approximate surface area is 208 Å². The van der Waals surface area contributed by atoms with Crippen LogP contribution in [0.5, 0.6) is 5.75 Å². The molecule has 6 nitrogen and oxygen atoms in total. The predicted octanol–water partition coefficient (Wildman–Crippen LogP) is 5.20. The van der Waals surface area contributed by atoms with E-state index >= 15 is 0 Å². The number of rotatable bonds is 8. The van der Waals surface area contributed by atoms with E-state index in [1.165, 1.54) is 4.31 Å². The molecule has 186 valence electrons. The molecule has 0 saturated carbocycles. The van der Waals surface area contributed by atoms with E-state index in [4.69, 9.17) is 16.3 Å². The van der Waals surface area contributed by atoms with Crippen LogP contribution < -0.4 is 10.1 Å². The van der Waals surface area contributed by atoms with E-state index in [1.807, 2.05) is 19.9 Å².